The fraction of sp³-hybridized carbons (Fsp3) is 0.409. The first-order chi connectivity index (χ1) is 15.0. The third kappa shape index (κ3) is 5.07. The molecule has 0 bridgehead atoms. The van der Waals surface area contributed by atoms with Gasteiger partial charge in [0.25, 0.3) is 5.91 Å². The molecule has 7 nitrogen and oxygen atoms in total. The Balaban J connectivity index is 1.37. The first kappa shape index (κ1) is 21.4. The highest BCUT2D eigenvalue weighted by Crippen LogP contribution is 2.24. The molecular formula is C22H24ClFN4O3. The average molecular weight is 447 g/mol. The van der Waals surface area contributed by atoms with E-state index in [1.165, 1.54) is 18.2 Å². The summed E-state index contributed by atoms with van der Waals surface area (Å²) in [5.41, 5.74) is 0.869. The van der Waals surface area contributed by atoms with Crippen LogP contribution in [0.1, 0.15) is 36.0 Å². The van der Waals surface area contributed by atoms with Gasteiger partial charge in [-0.1, -0.05) is 11.6 Å². The minimum atomic E-state index is -0.542. The molecule has 2 aromatic rings. The zero-order valence-electron chi connectivity index (χ0n) is 17.0. The molecule has 2 aliphatic rings. The van der Waals surface area contributed by atoms with Crippen molar-refractivity contribution >= 4 is 29.2 Å². The number of anilines is 1. The van der Waals surface area contributed by atoms with Crippen LogP contribution in [0.5, 0.6) is 5.88 Å². The van der Waals surface area contributed by atoms with Gasteiger partial charge in [0.05, 0.1) is 11.6 Å². The minimum absolute atomic E-state index is 0.0542. The molecule has 2 fully saturated rings. The summed E-state index contributed by atoms with van der Waals surface area (Å²) in [4.78, 5) is 33.2. The normalized spacial score (nSPS) is 18.7. The van der Waals surface area contributed by atoms with E-state index in [0.717, 1.165) is 32.4 Å². The Hall–Kier alpha value is -2.87. The predicted octanol–water partition coefficient (Wildman–Crippen LogP) is 4.19. The number of nitrogens with one attached hydrogen (secondary N) is 1. The highest BCUT2D eigenvalue weighted by atomic mass is 35.5. The molecule has 1 aromatic heterocycles. The average Bonchev–Trinajstić information content (AvgIpc) is 3.25. The molecule has 1 unspecified atom stereocenters. The molecule has 0 saturated carbocycles. The van der Waals surface area contributed by atoms with Crippen molar-refractivity contribution in [3.05, 3.63) is 52.9 Å². The molecule has 1 N–H and O–H groups in total. The molecule has 9 heteroatoms. The van der Waals surface area contributed by atoms with Crippen LogP contribution < -0.4 is 10.1 Å². The molecule has 164 valence electrons. The summed E-state index contributed by atoms with van der Waals surface area (Å²) in [6, 6.07) is 7.17. The number of likely N-dealkylation sites (tertiary alicyclic amines) is 2. The Morgan fingerprint density at radius 2 is 1.94 bits per heavy atom. The zero-order valence-corrected chi connectivity index (χ0v) is 17.8. The number of benzene rings is 1. The number of aromatic nitrogens is 1. The number of urea groups is 1. The van der Waals surface area contributed by atoms with E-state index in [4.69, 9.17) is 16.3 Å². The highest BCUT2D eigenvalue weighted by molar-refractivity contribution is 6.31. The van der Waals surface area contributed by atoms with Crippen LogP contribution in [-0.4, -0.2) is 59.0 Å². The zero-order chi connectivity index (χ0) is 21.8. The van der Waals surface area contributed by atoms with E-state index >= 15 is 0 Å². The summed E-state index contributed by atoms with van der Waals surface area (Å²) >= 11 is 5.77. The number of rotatable bonds is 4. The fourth-order valence-corrected chi connectivity index (χ4v) is 4.04. The maximum atomic E-state index is 13.3. The number of halogens is 2. The molecular weight excluding hydrogens is 423 g/mol. The molecule has 4 rings (SSSR count). The minimum Gasteiger partial charge on any atom is -0.472 e. The van der Waals surface area contributed by atoms with Crippen molar-refractivity contribution < 1.29 is 18.7 Å². The highest BCUT2D eigenvalue weighted by Gasteiger charge is 2.30. The van der Waals surface area contributed by atoms with Gasteiger partial charge in [0.1, 0.15) is 17.5 Å². The number of amides is 3. The van der Waals surface area contributed by atoms with Gasteiger partial charge in [-0.3, -0.25) is 4.79 Å². The van der Waals surface area contributed by atoms with Gasteiger partial charge in [-0.05, 0) is 49.6 Å². The summed E-state index contributed by atoms with van der Waals surface area (Å²) in [6.45, 7) is 2.35. The van der Waals surface area contributed by atoms with Crippen LogP contribution in [0.3, 0.4) is 0 Å². The van der Waals surface area contributed by atoms with Gasteiger partial charge in [0.2, 0.25) is 5.88 Å². The lowest BCUT2D eigenvalue weighted by atomic mass is 10.1. The number of pyridine rings is 1. The molecule has 2 saturated heterocycles. The van der Waals surface area contributed by atoms with Gasteiger partial charge in [-0.15, -0.1) is 0 Å². The molecule has 0 spiro atoms. The summed E-state index contributed by atoms with van der Waals surface area (Å²) in [5.74, 6) is -0.307. The Morgan fingerprint density at radius 1 is 1.13 bits per heavy atom. The van der Waals surface area contributed by atoms with Crippen molar-refractivity contribution in [2.75, 3.05) is 31.5 Å². The van der Waals surface area contributed by atoms with E-state index in [1.54, 1.807) is 23.2 Å². The number of hydrogen-bond acceptors (Lipinski definition) is 4. The molecule has 2 aliphatic heterocycles. The van der Waals surface area contributed by atoms with Crippen molar-refractivity contribution in [2.24, 2.45) is 0 Å². The van der Waals surface area contributed by atoms with Crippen LogP contribution in [0, 0.1) is 5.82 Å². The summed E-state index contributed by atoms with van der Waals surface area (Å²) in [7, 11) is 0. The number of carbonyl (C=O) groups is 2. The maximum absolute atomic E-state index is 13.3. The number of piperidine rings is 1. The molecule has 31 heavy (non-hydrogen) atoms. The van der Waals surface area contributed by atoms with Crippen molar-refractivity contribution in [3.8, 4) is 5.88 Å². The van der Waals surface area contributed by atoms with Crippen LogP contribution in [0.4, 0.5) is 14.9 Å². The lowest BCUT2D eigenvalue weighted by molar-refractivity contribution is 0.0715. The molecule has 3 heterocycles. The van der Waals surface area contributed by atoms with E-state index < -0.39 is 5.82 Å². The second kappa shape index (κ2) is 9.51. The number of carbonyl (C=O) groups excluding carboxylic acids is 2. The first-order valence-electron chi connectivity index (χ1n) is 10.4. The van der Waals surface area contributed by atoms with E-state index in [2.05, 4.69) is 10.3 Å². The Morgan fingerprint density at radius 3 is 2.71 bits per heavy atom. The monoisotopic (exact) mass is 446 g/mol. The quantitative estimate of drug-likeness (QED) is 0.764. The number of ether oxygens (including phenoxy) is 1. The van der Waals surface area contributed by atoms with Crippen LogP contribution in [0.25, 0.3) is 0 Å². The predicted molar refractivity (Wildman–Crippen MR) is 115 cm³/mol. The van der Waals surface area contributed by atoms with Gasteiger partial charge in [-0.25, -0.2) is 14.2 Å². The SMILES string of the molecule is O=C(Nc1ccc(F)c(Cl)c1)N1CCC(Oc2ncccc2C(=O)N2CCCCC2)C1. The molecule has 3 amide bonds. The third-order valence-corrected chi connectivity index (χ3v) is 5.82. The summed E-state index contributed by atoms with van der Waals surface area (Å²) in [6.07, 6.45) is 5.10. The molecule has 0 radical (unpaired) electrons. The van der Waals surface area contributed by atoms with Crippen LogP contribution in [0.15, 0.2) is 36.5 Å². The smallest absolute Gasteiger partial charge is 0.321 e. The summed E-state index contributed by atoms with van der Waals surface area (Å²) in [5, 5.41) is 2.66. The van der Waals surface area contributed by atoms with Gasteiger partial charge < -0.3 is 19.9 Å². The van der Waals surface area contributed by atoms with Crippen molar-refractivity contribution in [1.29, 1.82) is 0 Å². The lowest BCUT2D eigenvalue weighted by Gasteiger charge is -2.27. The standard InChI is InChI=1S/C22H24ClFN4O3/c23-18-13-15(6-7-19(18)24)26-22(30)28-12-8-16(14-28)31-20-17(5-4-9-25-20)21(29)27-10-2-1-3-11-27/h4-7,9,13,16H,1-3,8,10-12,14H2,(H,26,30). The molecule has 1 atom stereocenters. The van der Waals surface area contributed by atoms with Gasteiger partial charge >= 0.3 is 6.03 Å². The van der Waals surface area contributed by atoms with Crippen molar-refractivity contribution in [3.63, 3.8) is 0 Å². The van der Waals surface area contributed by atoms with Crippen molar-refractivity contribution in [2.45, 2.75) is 31.8 Å². The topological polar surface area (TPSA) is 74.8 Å². The Labute approximate surface area is 185 Å². The summed E-state index contributed by atoms with van der Waals surface area (Å²) < 4.78 is 19.3. The van der Waals surface area contributed by atoms with Gasteiger partial charge in [0.15, 0.2) is 0 Å². The number of hydrogen-bond donors (Lipinski definition) is 1. The van der Waals surface area contributed by atoms with E-state index in [1.807, 2.05) is 4.90 Å². The third-order valence-electron chi connectivity index (χ3n) is 5.53. The number of nitrogens with zero attached hydrogens (tertiary/aromatic N) is 3. The first-order valence-corrected chi connectivity index (χ1v) is 10.8. The second-order valence-corrected chi connectivity index (χ2v) is 8.15. The lowest BCUT2D eigenvalue weighted by Crippen LogP contribution is -2.36. The van der Waals surface area contributed by atoms with E-state index in [9.17, 15) is 14.0 Å². The van der Waals surface area contributed by atoms with Gasteiger partial charge in [0, 0.05) is 37.9 Å². The largest absolute Gasteiger partial charge is 0.472 e. The van der Waals surface area contributed by atoms with Crippen LogP contribution in [0.2, 0.25) is 5.02 Å². The second-order valence-electron chi connectivity index (χ2n) is 7.74. The maximum Gasteiger partial charge on any atom is 0.321 e. The fourth-order valence-electron chi connectivity index (χ4n) is 3.86. The van der Waals surface area contributed by atoms with Crippen LogP contribution >= 0.6 is 11.6 Å². The van der Waals surface area contributed by atoms with E-state index in [0.29, 0.717) is 36.6 Å². The Bertz CT molecular complexity index is 968. The molecule has 1 aromatic carbocycles. The van der Waals surface area contributed by atoms with Gasteiger partial charge in [-0.2, -0.15) is 0 Å². The molecule has 0 aliphatic carbocycles. The van der Waals surface area contributed by atoms with Crippen molar-refractivity contribution in [1.82, 2.24) is 14.8 Å². The van der Waals surface area contributed by atoms with Crippen LogP contribution in [-0.2, 0) is 0 Å². The Kier molecular flexibility index (Phi) is 6.56. The van der Waals surface area contributed by atoms with E-state index in [-0.39, 0.29) is 23.1 Å².